The molecule has 2 N–H and O–H groups in total. The number of hydrogen-bond acceptors (Lipinski definition) is 3. The Morgan fingerprint density at radius 2 is 1.59 bits per heavy atom. The number of benzene rings is 4. The van der Waals surface area contributed by atoms with E-state index in [1.165, 1.54) is 0 Å². The van der Waals surface area contributed by atoms with Crippen LogP contribution in [0.1, 0.15) is 27.5 Å². The SMILES string of the molecule is COc1ccc(NC(=O)CN2C(=O)c3ccccc3C2c2c(-c3ccccc3)[nH]c3ccccc23)cc1. The lowest BCUT2D eigenvalue weighted by Gasteiger charge is -2.26. The van der Waals surface area contributed by atoms with Crippen molar-refractivity contribution in [1.29, 1.82) is 0 Å². The summed E-state index contributed by atoms with van der Waals surface area (Å²) in [4.78, 5) is 32.1. The molecular formula is C31H25N3O3. The van der Waals surface area contributed by atoms with Gasteiger partial charge in [-0.1, -0.05) is 66.7 Å². The first-order valence-electron chi connectivity index (χ1n) is 12.1. The molecule has 2 heterocycles. The molecular weight excluding hydrogens is 462 g/mol. The highest BCUT2D eigenvalue weighted by molar-refractivity contribution is 6.05. The number of hydrogen-bond donors (Lipinski definition) is 2. The first-order chi connectivity index (χ1) is 18.1. The summed E-state index contributed by atoms with van der Waals surface area (Å²) in [7, 11) is 1.60. The zero-order chi connectivity index (χ0) is 25.4. The molecule has 6 nitrogen and oxygen atoms in total. The molecule has 6 rings (SSSR count). The number of methoxy groups -OCH3 is 1. The van der Waals surface area contributed by atoms with Crippen molar-refractivity contribution in [2.45, 2.75) is 6.04 Å². The molecule has 0 fully saturated rings. The quantitative estimate of drug-likeness (QED) is 0.307. The van der Waals surface area contributed by atoms with Gasteiger partial charge in [0.2, 0.25) is 5.91 Å². The molecule has 1 aliphatic rings. The highest BCUT2D eigenvalue weighted by atomic mass is 16.5. The average molecular weight is 488 g/mol. The van der Waals surface area contributed by atoms with Crippen LogP contribution in [-0.2, 0) is 4.79 Å². The second-order valence-corrected chi connectivity index (χ2v) is 9.02. The number of amides is 2. The summed E-state index contributed by atoms with van der Waals surface area (Å²) >= 11 is 0. The Hall–Kier alpha value is -4.84. The number of rotatable bonds is 6. The van der Waals surface area contributed by atoms with Crippen molar-refractivity contribution in [1.82, 2.24) is 9.88 Å². The number of carbonyl (C=O) groups excluding carboxylic acids is 2. The van der Waals surface area contributed by atoms with Crippen LogP contribution >= 0.6 is 0 Å². The van der Waals surface area contributed by atoms with E-state index in [0.717, 1.165) is 33.3 Å². The Bertz CT molecular complexity index is 1610. The number of aromatic amines is 1. The molecule has 1 aliphatic heterocycles. The topological polar surface area (TPSA) is 74.4 Å². The molecule has 0 saturated carbocycles. The number of carbonyl (C=O) groups is 2. The molecule has 37 heavy (non-hydrogen) atoms. The highest BCUT2D eigenvalue weighted by Gasteiger charge is 2.41. The van der Waals surface area contributed by atoms with Crippen LogP contribution in [0, 0.1) is 0 Å². The number of para-hydroxylation sites is 1. The van der Waals surface area contributed by atoms with Gasteiger partial charge in [-0.15, -0.1) is 0 Å². The van der Waals surface area contributed by atoms with Crippen LogP contribution in [0.3, 0.4) is 0 Å². The van der Waals surface area contributed by atoms with Gasteiger partial charge in [-0.2, -0.15) is 0 Å². The number of aromatic nitrogens is 1. The summed E-state index contributed by atoms with van der Waals surface area (Å²) < 4.78 is 5.20. The van der Waals surface area contributed by atoms with Gasteiger partial charge in [0.05, 0.1) is 18.8 Å². The summed E-state index contributed by atoms with van der Waals surface area (Å²) in [5.74, 6) is 0.281. The van der Waals surface area contributed by atoms with E-state index in [4.69, 9.17) is 4.74 Å². The summed E-state index contributed by atoms with van der Waals surface area (Å²) in [6, 6.07) is 32.5. The van der Waals surface area contributed by atoms with Crippen molar-refractivity contribution in [3.05, 3.63) is 120 Å². The van der Waals surface area contributed by atoms with Crippen LogP contribution in [0.4, 0.5) is 5.69 Å². The summed E-state index contributed by atoms with van der Waals surface area (Å²) in [6.07, 6.45) is 0. The molecule has 182 valence electrons. The van der Waals surface area contributed by atoms with Gasteiger partial charge in [0, 0.05) is 27.7 Å². The van der Waals surface area contributed by atoms with E-state index in [2.05, 4.69) is 28.5 Å². The van der Waals surface area contributed by atoms with Gasteiger partial charge in [0.15, 0.2) is 0 Å². The number of nitrogens with one attached hydrogen (secondary N) is 2. The minimum absolute atomic E-state index is 0.0854. The maximum absolute atomic E-state index is 13.7. The molecule has 0 spiro atoms. The normalized spacial score (nSPS) is 14.6. The second kappa shape index (κ2) is 9.32. The Balaban J connectivity index is 1.44. The standard InChI is InChI=1S/C31H25N3O3/c1-37-22-17-15-21(16-18-22)32-27(35)19-34-30(23-11-5-6-12-24(23)31(34)36)28-25-13-7-8-14-26(25)33-29(28)20-9-3-2-4-10-20/h2-18,30,33H,19H2,1H3,(H,32,35). The van der Waals surface area contributed by atoms with E-state index in [9.17, 15) is 9.59 Å². The molecule has 1 unspecified atom stereocenters. The average Bonchev–Trinajstić information content (AvgIpc) is 3.45. The number of fused-ring (bicyclic) bond motifs is 2. The fraction of sp³-hybridized carbons (Fsp3) is 0.0968. The van der Waals surface area contributed by atoms with Gasteiger partial charge in [-0.05, 0) is 47.5 Å². The van der Waals surface area contributed by atoms with Crippen molar-refractivity contribution in [2.24, 2.45) is 0 Å². The van der Waals surface area contributed by atoms with Crippen molar-refractivity contribution >= 4 is 28.4 Å². The minimum atomic E-state index is -0.420. The fourth-order valence-corrected chi connectivity index (χ4v) is 5.15. The van der Waals surface area contributed by atoms with Gasteiger partial charge >= 0.3 is 0 Å². The summed E-state index contributed by atoms with van der Waals surface area (Å²) in [6.45, 7) is -0.0854. The Kier molecular flexibility index (Phi) is 5.69. The molecule has 0 aliphatic carbocycles. The minimum Gasteiger partial charge on any atom is -0.497 e. The van der Waals surface area contributed by atoms with Gasteiger partial charge in [-0.3, -0.25) is 9.59 Å². The monoisotopic (exact) mass is 487 g/mol. The zero-order valence-corrected chi connectivity index (χ0v) is 20.3. The molecule has 6 heteroatoms. The molecule has 0 bridgehead atoms. The lowest BCUT2D eigenvalue weighted by Crippen LogP contribution is -2.36. The molecule has 0 radical (unpaired) electrons. The van der Waals surface area contributed by atoms with Gasteiger partial charge < -0.3 is 19.9 Å². The molecule has 0 saturated heterocycles. The Morgan fingerprint density at radius 3 is 2.38 bits per heavy atom. The summed E-state index contributed by atoms with van der Waals surface area (Å²) in [5.41, 5.74) is 6.09. The van der Waals surface area contributed by atoms with E-state index in [0.29, 0.717) is 17.0 Å². The van der Waals surface area contributed by atoms with E-state index in [1.807, 2.05) is 60.7 Å². The first-order valence-corrected chi connectivity index (χ1v) is 12.1. The lowest BCUT2D eigenvalue weighted by molar-refractivity contribution is -0.117. The van der Waals surface area contributed by atoms with Crippen LogP contribution in [-0.4, -0.2) is 35.4 Å². The maximum atomic E-state index is 13.7. The van der Waals surface area contributed by atoms with E-state index >= 15 is 0 Å². The first kappa shape index (κ1) is 22.6. The third kappa shape index (κ3) is 4.02. The van der Waals surface area contributed by atoms with E-state index < -0.39 is 6.04 Å². The molecule has 1 aromatic heterocycles. The number of ether oxygens (including phenoxy) is 1. The second-order valence-electron chi connectivity index (χ2n) is 9.02. The Labute approximate surface area is 214 Å². The van der Waals surface area contributed by atoms with Crippen molar-refractivity contribution < 1.29 is 14.3 Å². The van der Waals surface area contributed by atoms with Crippen molar-refractivity contribution in [3.63, 3.8) is 0 Å². The highest BCUT2D eigenvalue weighted by Crippen LogP contribution is 2.45. The third-order valence-electron chi connectivity index (χ3n) is 6.83. The van der Waals surface area contributed by atoms with E-state index in [-0.39, 0.29) is 18.4 Å². The zero-order valence-electron chi connectivity index (χ0n) is 20.3. The Morgan fingerprint density at radius 1 is 0.892 bits per heavy atom. The molecule has 4 aromatic carbocycles. The van der Waals surface area contributed by atoms with Gasteiger partial charge in [0.1, 0.15) is 12.3 Å². The van der Waals surface area contributed by atoms with Gasteiger partial charge in [-0.25, -0.2) is 0 Å². The molecule has 2 amide bonds. The maximum Gasteiger partial charge on any atom is 0.255 e. The van der Waals surface area contributed by atoms with E-state index in [1.54, 1.807) is 36.3 Å². The third-order valence-corrected chi connectivity index (χ3v) is 6.83. The predicted octanol–water partition coefficient (Wildman–Crippen LogP) is 6.03. The van der Waals surface area contributed by atoms with Crippen LogP contribution in [0.2, 0.25) is 0 Å². The fourth-order valence-electron chi connectivity index (χ4n) is 5.15. The van der Waals surface area contributed by atoms with Crippen LogP contribution in [0.5, 0.6) is 5.75 Å². The van der Waals surface area contributed by atoms with Crippen molar-refractivity contribution in [2.75, 3.05) is 19.0 Å². The van der Waals surface area contributed by atoms with Crippen LogP contribution < -0.4 is 10.1 Å². The summed E-state index contributed by atoms with van der Waals surface area (Å²) in [5, 5.41) is 3.95. The van der Waals surface area contributed by atoms with Gasteiger partial charge in [0.25, 0.3) is 5.91 Å². The van der Waals surface area contributed by atoms with Crippen molar-refractivity contribution in [3.8, 4) is 17.0 Å². The largest absolute Gasteiger partial charge is 0.497 e. The number of H-pyrrole nitrogens is 1. The number of anilines is 1. The predicted molar refractivity (Wildman–Crippen MR) is 145 cm³/mol. The van der Waals surface area contributed by atoms with Crippen LogP contribution in [0.25, 0.3) is 22.2 Å². The lowest BCUT2D eigenvalue weighted by atomic mass is 9.93. The molecule has 5 aromatic rings. The number of nitrogens with zero attached hydrogens (tertiary/aromatic N) is 1. The molecule has 1 atom stereocenters. The van der Waals surface area contributed by atoms with Crippen LogP contribution in [0.15, 0.2) is 103 Å². The smallest absolute Gasteiger partial charge is 0.255 e.